The molecule has 1 aromatic rings. The molecule has 0 heterocycles. The molecule has 0 spiro atoms. The summed E-state index contributed by atoms with van der Waals surface area (Å²) in [6.45, 7) is 0. The lowest BCUT2D eigenvalue weighted by molar-refractivity contribution is -0.140. The predicted molar refractivity (Wildman–Crippen MR) is 66.4 cm³/mol. The second-order valence-corrected chi connectivity index (χ2v) is 5.73. The Kier molecular flexibility index (Phi) is 3.94. The van der Waals surface area contributed by atoms with E-state index in [0.717, 1.165) is 17.7 Å². The molecule has 1 aliphatic rings. The molecule has 4 heteroatoms. The van der Waals surface area contributed by atoms with Gasteiger partial charge in [0.15, 0.2) is 0 Å². The van der Waals surface area contributed by atoms with Gasteiger partial charge in [0.25, 0.3) is 0 Å². The van der Waals surface area contributed by atoms with Crippen molar-refractivity contribution in [1.29, 1.82) is 0 Å². The minimum atomic E-state index is -1.10. The van der Waals surface area contributed by atoms with Crippen LogP contribution in [-0.4, -0.2) is 23.0 Å². The van der Waals surface area contributed by atoms with Crippen molar-refractivity contribution < 1.29 is 13.7 Å². The van der Waals surface area contributed by atoms with Crippen molar-refractivity contribution in [1.82, 2.24) is 0 Å². The maximum atomic E-state index is 12.0. The number of carbonyl (C=O) groups excluding carboxylic acids is 1. The molecule has 0 aromatic heterocycles. The number of aryl methyl sites for hydroxylation is 2. The molecule has 0 saturated carbocycles. The SMILES string of the molecule is COC(=O)CCS(=O)c1ccc2c(c1)CCC2. The molecule has 3 nitrogen and oxygen atoms in total. The Morgan fingerprint density at radius 2 is 2.12 bits per heavy atom. The summed E-state index contributed by atoms with van der Waals surface area (Å²) in [5.74, 6) is 0.0327. The summed E-state index contributed by atoms with van der Waals surface area (Å²) in [6.07, 6.45) is 3.61. The van der Waals surface area contributed by atoms with Gasteiger partial charge >= 0.3 is 5.97 Å². The van der Waals surface area contributed by atoms with E-state index < -0.39 is 10.8 Å². The molecule has 17 heavy (non-hydrogen) atoms. The number of carbonyl (C=O) groups is 1. The highest BCUT2D eigenvalue weighted by Crippen LogP contribution is 2.24. The van der Waals surface area contributed by atoms with Crippen molar-refractivity contribution in [3.8, 4) is 0 Å². The molecule has 0 fully saturated rings. The quantitative estimate of drug-likeness (QED) is 0.768. The van der Waals surface area contributed by atoms with Gasteiger partial charge in [0, 0.05) is 10.6 Å². The molecule has 1 aromatic carbocycles. The van der Waals surface area contributed by atoms with Crippen LogP contribution < -0.4 is 0 Å². The summed E-state index contributed by atoms with van der Waals surface area (Å²) < 4.78 is 16.5. The van der Waals surface area contributed by atoms with Crippen molar-refractivity contribution in [3.63, 3.8) is 0 Å². The Labute approximate surface area is 104 Å². The average molecular weight is 252 g/mol. The summed E-state index contributed by atoms with van der Waals surface area (Å²) in [4.78, 5) is 11.8. The minimum absolute atomic E-state index is 0.209. The van der Waals surface area contributed by atoms with E-state index in [1.165, 1.54) is 24.7 Å². The Morgan fingerprint density at radius 1 is 1.35 bits per heavy atom. The number of rotatable bonds is 4. The Balaban J connectivity index is 2.02. The predicted octanol–water partition coefficient (Wildman–Crippen LogP) is 1.85. The van der Waals surface area contributed by atoms with Crippen LogP contribution in [0.5, 0.6) is 0 Å². The van der Waals surface area contributed by atoms with Crippen molar-refractivity contribution in [2.45, 2.75) is 30.6 Å². The van der Waals surface area contributed by atoms with E-state index in [0.29, 0.717) is 5.75 Å². The first kappa shape index (κ1) is 12.3. The van der Waals surface area contributed by atoms with Crippen molar-refractivity contribution in [2.75, 3.05) is 12.9 Å². The maximum Gasteiger partial charge on any atom is 0.306 e. The molecule has 0 bridgehead atoms. The highest BCUT2D eigenvalue weighted by atomic mass is 32.2. The summed E-state index contributed by atoms with van der Waals surface area (Å²) in [5.41, 5.74) is 2.69. The smallest absolute Gasteiger partial charge is 0.306 e. The maximum absolute atomic E-state index is 12.0. The van der Waals surface area contributed by atoms with Crippen LogP contribution >= 0.6 is 0 Å². The van der Waals surface area contributed by atoms with E-state index in [-0.39, 0.29) is 12.4 Å². The Hall–Kier alpha value is -1.16. The average Bonchev–Trinajstić information content (AvgIpc) is 2.82. The van der Waals surface area contributed by atoms with Crippen LogP contribution in [0.25, 0.3) is 0 Å². The Bertz CT molecular complexity index is 454. The van der Waals surface area contributed by atoms with E-state index >= 15 is 0 Å². The summed E-state index contributed by atoms with van der Waals surface area (Å²) in [6, 6.07) is 6.00. The van der Waals surface area contributed by atoms with Crippen molar-refractivity contribution in [2.24, 2.45) is 0 Å². The zero-order valence-corrected chi connectivity index (χ0v) is 10.7. The van der Waals surface area contributed by atoms with Crippen LogP contribution in [0.3, 0.4) is 0 Å². The van der Waals surface area contributed by atoms with Crippen LogP contribution in [0.4, 0.5) is 0 Å². The van der Waals surface area contributed by atoms with Gasteiger partial charge in [-0.05, 0) is 42.5 Å². The van der Waals surface area contributed by atoms with Gasteiger partial charge in [0.1, 0.15) is 0 Å². The third-order valence-electron chi connectivity index (χ3n) is 3.05. The fourth-order valence-corrected chi connectivity index (χ4v) is 3.17. The number of ether oxygens (including phenoxy) is 1. The second kappa shape index (κ2) is 5.45. The van der Waals surface area contributed by atoms with Gasteiger partial charge in [0.05, 0.1) is 24.3 Å². The lowest BCUT2D eigenvalue weighted by Crippen LogP contribution is -2.07. The fourth-order valence-electron chi connectivity index (χ4n) is 2.09. The van der Waals surface area contributed by atoms with E-state index in [9.17, 15) is 9.00 Å². The van der Waals surface area contributed by atoms with Gasteiger partial charge in [-0.2, -0.15) is 0 Å². The van der Waals surface area contributed by atoms with Crippen LogP contribution in [0, 0.1) is 0 Å². The van der Waals surface area contributed by atoms with E-state index in [1.54, 1.807) is 0 Å². The lowest BCUT2D eigenvalue weighted by Gasteiger charge is -2.04. The minimum Gasteiger partial charge on any atom is -0.469 e. The van der Waals surface area contributed by atoms with Gasteiger partial charge in [-0.3, -0.25) is 9.00 Å². The molecule has 2 rings (SSSR count). The number of esters is 1. The normalized spacial score (nSPS) is 15.4. The zero-order valence-electron chi connectivity index (χ0n) is 9.90. The molecule has 1 atom stereocenters. The number of benzene rings is 1. The largest absolute Gasteiger partial charge is 0.469 e. The lowest BCUT2D eigenvalue weighted by atomic mass is 10.1. The number of hydrogen-bond acceptors (Lipinski definition) is 3. The summed E-state index contributed by atoms with van der Waals surface area (Å²) in [5, 5.41) is 0. The number of hydrogen-bond donors (Lipinski definition) is 0. The third-order valence-corrected chi connectivity index (χ3v) is 4.41. The van der Waals surface area contributed by atoms with Crippen molar-refractivity contribution in [3.05, 3.63) is 29.3 Å². The number of methoxy groups -OCH3 is 1. The summed E-state index contributed by atoms with van der Waals surface area (Å²) >= 11 is 0. The van der Waals surface area contributed by atoms with Crippen LogP contribution in [0.15, 0.2) is 23.1 Å². The van der Waals surface area contributed by atoms with Crippen molar-refractivity contribution >= 4 is 16.8 Å². The highest BCUT2D eigenvalue weighted by Gasteiger charge is 2.14. The first-order valence-corrected chi connectivity index (χ1v) is 7.09. The van der Waals surface area contributed by atoms with E-state index in [1.807, 2.05) is 12.1 Å². The van der Waals surface area contributed by atoms with E-state index in [4.69, 9.17) is 0 Å². The van der Waals surface area contributed by atoms with Gasteiger partial charge < -0.3 is 4.74 Å². The molecule has 0 amide bonds. The first-order valence-electron chi connectivity index (χ1n) is 5.77. The monoisotopic (exact) mass is 252 g/mol. The van der Waals surface area contributed by atoms with Gasteiger partial charge in [-0.15, -0.1) is 0 Å². The molecule has 0 N–H and O–H groups in total. The number of fused-ring (bicyclic) bond motifs is 1. The van der Waals surface area contributed by atoms with Crippen LogP contribution in [0.1, 0.15) is 24.0 Å². The molecular weight excluding hydrogens is 236 g/mol. The molecule has 0 saturated heterocycles. The summed E-state index contributed by atoms with van der Waals surface area (Å²) in [7, 11) is 0.249. The second-order valence-electron chi connectivity index (χ2n) is 4.16. The molecular formula is C13H16O3S. The van der Waals surface area contributed by atoms with Gasteiger partial charge in [0.2, 0.25) is 0 Å². The third kappa shape index (κ3) is 2.94. The molecule has 92 valence electrons. The Morgan fingerprint density at radius 3 is 2.88 bits per heavy atom. The molecule has 0 radical (unpaired) electrons. The first-order chi connectivity index (χ1) is 8.20. The highest BCUT2D eigenvalue weighted by molar-refractivity contribution is 7.85. The van der Waals surface area contributed by atoms with Crippen LogP contribution in [0.2, 0.25) is 0 Å². The molecule has 1 unspecified atom stereocenters. The topological polar surface area (TPSA) is 43.4 Å². The standard InChI is InChI=1S/C13H16O3S/c1-16-13(14)7-8-17(15)12-6-5-10-3-2-4-11(10)9-12/h5-6,9H,2-4,7-8H2,1H3. The van der Waals surface area contributed by atoms with Gasteiger partial charge in [-0.1, -0.05) is 6.07 Å². The van der Waals surface area contributed by atoms with Gasteiger partial charge in [-0.25, -0.2) is 0 Å². The van der Waals surface area contributed by atoms with Crippen LogP contribution in [-0.2, 0) is 33.2 Å². The fraction of sp³-hybridized carbons (Fsp3) is 0.462. The zero-order chi connectivity index (χ0) is 12.3. The van der Waals surface area contributed by atoms with E-state index in [2.05, 4.69) is 10.8 Å². The molecule has 1 aliphatic carbocycles. The molecule has 0 aliphatic heterocycles.